The number of carboxylic acid groups (broad SMARTS) is 1. The van der Waals surface area contributed by atoms with E-state index in [2.05, 4.69) is 35.2 Å². The van der Waals surface area contributed by atoms with E-state index >= 15 is 0 Å². The van der Waals surface area contributed by atoms with Crippen LogP contribution in [-0.2, 0) is 21.9 Å². The highest BCUT2D eigenvalue weighted by atomic mass is 19.4. The van der Waals surface area contributed by atoms with E-state index < -0.39 is 30.0 Å². The zero-order valence-electron chi connectivity index (χ0n) is 30.8. The molecule has 0 atom stereocenters. The molecule has 0 unspecified atom stereocenters. The summed E-state index contributed by atoms with van der Waals surface area (Å²) in [6.07, 6.45) is 1.85. The lowest BCUT2D eigenvalue weighted by molar-refractivity contribution is -0.146. The molecule has 21 heteroatoms. The van der Waals surface area contributed by atoms with Crippen molar-refractivity contribution in [2.45, 2.75) is 57.3 Å². The molecule has 2 aliphatic carbocycles. The van der Waals surface area contributed by atoms with E-state index in [0.29, 0.717) is 11.5 Å². The van der Waals surface area contributed by atoms with Crippen molar-refractivity contribution in [3.05, 3.63) is 78.6 Å². The third kappa shape index (κ3) is 9.18. The lowest BCUT2D eigenvalue weighted by atomic mass is 9.86. The number of aliphatic carboxylic acids is 1. The van der Waals surface area contributed by atoms with Gasteiger partial charge >= 0.3 is 18.3 Å². The van der Waals surface area contributed by atoms with Gasteiger partial charge in [-0.05, 0) is 62.0 Å². The summed E-state index contributed by atoms with van der Waals surface area (Å²) in [6.45, 7) is 0. The summed E-state index contributed by atoms with van der Waals surface area (Å²) in [7, 11) is 2.84. The second-order valence-corrected chi connectivity index (χ2v) is 13.2. The monoisotopic (exact) mass is 813 g/mol. The van der Waals surface area contributed by atoms with Gasteiger partial charge in [0, 0.05) is 24.2 Å². The standard InChI is InChI=1S/C19H18F3N5O2.C13H9F3N5O.C5H8O2/c1-29-12-6-7-14-13(8-12)25-18(19(20,21)22)27(14)16-10-23-15(9-24-16)26-17(28)11-4-2-3-5-11;1-22-7-2-3-9-8(4-7)20-12(13(14,15)16)21(9)11-6-18-10(17)5-19-11;6-5(7)4-2-1-3-4/h6-11H,2-5H2,1H3,(H,23,26,28);2-6H,1H3,(H-,17,18);4H,1-3H2,(H,6,7)/q;-1;. The number of alkyl halides is 6. The second-order valence-electron chi connectivity index (χ2n) is 13.2. The van der Waals surface area contributed by atoms with Crippen molar-refractivity contribution in [3.8, 4) is 23.1 Å². The maximum absolute atomic E-state index is 13.6. The van der Waals surface area contributed by atoms with Crippen LogP contribution >= 0.6 is 0 Å². The molecule has 6 aromatic rings. The van der Waals surface area contributed by atoms with Crippen LogP contribution < -0.4 is 14.8 Å². The van der Waals surface area contributed by atoms with Crippen LogP contribution in [0.2, 0.25) is 0 Å². The number of fused-ring (bicyclic) bond motifs is 2. The number of nitrogens with one attached hydrogen (secondary N) is 2. The van der Waals surface area contributed by atoms with E-state index in [1.54, 1.807) is 6.07 Å². The van der Waals surface area contributed by atoms with E-state index in [-0.39, 0.29) is 63.1 Å². The Bertz CT molecular complexity index is 2390. The molecule has 8 rings (SSSR count). The largest absolute Gasteiger partial charge is 0.497 e. The normalized spacial score (nSPS) is 14.6. The van der Waals surface area contributed by atoms with Crippen molar-refractivity contribution in [2.24, 2.45) is 11.8 Å². The lowest BCUT2D eigenvalue weighted by Crippen LogP contribution is -2.21. The Morgan fingerprint density at radius 3 is 1.55 bits per heavy atom. The Balaban J connectivity index is 0.000000172. The molecule has 0 bridgehead atoms. The SMILES string of the molecule is COc1ccc2c(c1)nc(C(F)(F)F)n2-c1cnc(NC(=O)C2CCCC2)cn1.COc1ccc2c(c1)nc(C(F)(F)F)n2-c1cnc([NH-])cn1.O=C(O)C1CCC1. The number of anilines is 1. The van der Waals surface area contributed by atoms with Crippen LogP contribution in [0.4, 0.5) is 38.0 Å². The molecular formula is C37H35F6N10O5-. The molecule has 4 heterocycles. The molecule has 15 nitrogen and oxygen atoms in total. The topological polar surface area (TPSA) is 196 Å². The van der Waals surface area contributed by atoms with E-state index in [1.165, 1.54) is 56.9 Å². The number of ether oxygens (including phenoxy) is 2. The Labute approximate surface area is 325 Å². The van der Waals surface area contributed by atoms with Gasteiger partial charge < -0.3 is 30.6 Å². The highest BCUT2D eigenvalue weighted by Gasteiger charge is 2.39. The highest BCUT2D eigenvalue weighted by molar-refractivity contribution is 5.91. The number of hydrogen-bond acceptors (Lipinski definition) is 10. The fourth-order valence-corrected chi connectivity index (χ4v) is 6.23. The van der Waals surface area contributed by atoms with Crippen LogP contribution in [0.5, 0.6) is 11.5 Å². The number of amides is 1. The summed E-state index contributed by atoms with van der Waals surface area (Å²) in [6, 6.07) is 8.86. The van der Waals surface area contributed by atoms with E-state index in [9.17, 15) is 35.9 Å². The zero-order chi connectivity index (χ0) is 41.8. The van der Waals surface area contributed by atoms with Gasteiger partial charge in [-0.2, -0.15) is 26.3 Å². The first-order chi connectivity index (χ1) is 27.6. The quantitative estimate of drug-likeness (QED) is 0.147. The summed E-state index contributed by atoms with van der Waals surface area (Å²) in [4.78, 5) is 45.2. The number of benzene rings is 2. The molecule has 2 saturated carbocycles. The Kier molecular flexibility index (Phi) is 12.0. The molecule has 2 aromatic carbocycles. The molecular weight excluding hydrogens is 778 g/mol. The third-order valence-electron chi connectivity index (χ3n) is 9.40. The smallest absolute Gasteiger partial charge is 0.450 e. The minimum absolute atomic E-state index is 0.000000000000000444. The molecule has 0 aliphatic heterocycles. The van der Waals surface area contributed by atoms with E-state index in [0.717, 1.165) is 66.5 Å². The first-order valence-corrected chi connectivity index (χ1v) is 17.7. The van der Waals surface area contributed by atoms with Crippen LogP contribution in [-0.4, -0.2) is 70.2 Å². The van der Waals surface area contributed by atoms with E-state index in [4.69, 9.17) is 20.3 Å². The molecule has 2 fully saturated rings. The number of aromatic nitrogens is 8. The summed E-state index contributed by atoms with van der Waals surface area (Å²) in [5.41, 5.74) is 7.96. The van der Waals surface area contributed by atoms with Gasteiger partial charge in [0.25, 0.3) is 0 Å². The average Bonchev–Trinajstić information content (AvgIpc) is 3.93. The number of carbonyl (C=O) groups excluding carboxylic acids is 1. The van der Waals surface area contributed by atoms with Crippen molar-refractivity contribution in [1.29, 1.82) is 0 Å². The third-order valence-corrected chi connectivity index (χ3v) is 9.40. The summed E-state index contributed by atoms with van der Waals surface area (Å²) in [5, 5.41) is 10.9. The Morgan fingerprint density at radius 2 is 1.19 bits per heavy atom. The first kappa shape index (κ1) is 41.1. The predicted molar refractivity (Wildman–Crippen MR) is 196 cm³/mol. The molecule has 0 spiro atoms. The summed E-state index contributed by atoms with van der Waals surface area (Å²) < 4.78 is 92.2. The molecule has 1 amide bonds. The molecule has 0 saturated heterocycles. The maximum Gasteiger partial charge on any atom is 0.450 e. The van der Waals surface area contributed by atoms with Gasteiger partial charge in [0.2, 0.25) is 17.6 Å². The Morgan fingerprint density at radius 1 is 0.707 bits per heavy atom. The van der Waals surface area contributed by atoms with Gasteiger partial charge in [0.1, 0.15) is 17.3 Å². The maximum atomic E-state index is 13.6. The highest BCUT2D eigenvalue weighted by Crippen LogP contribution is 2.36. The predicted octanol–water partition coefficient (Wildman–Crippen LogP) is 8.37. The minimum atomic E-state index is -4.69. The molecule has 58 heavy (non-hydrogen) atoms. The van der Waals surface area contributed by atoms with Crippen LogP contribution in [0.3, 0.4) is 0 Å². The number of hydrogen-bond donors (Lipinski definition) is 2. The van der Waals surface area contributed by atoms with Crippen LogP contribution in [0.25, 0.3) is 39.4 Å². The number of carbonyl (C=O) groups is 2. The van der Waals surface area contributed by atoms with Crippen LogP contribution in [0.1, 0.15) is 56.6 Å². The van der Waals surface area contributed by atoms with Gasteiger partial charge in [-0.3, -0.25) is 18.7 Å². The number of carboxylic acids is 1. The number of nitrogens with zero attached hydrogens (tertiary/aromatic N) is 8. The summed E-state index contributed by atoms with van der Waals surface area (Å²) >= 11 is 0. The fourth-order valence-electron chi connectivity index (χ4n) is 6.23. The molecule has 0 radical (unpaired) electrons. The van der Waals surface area contributed by atoms with Gasteiger partial charge in [-0.1, -0.05) is 19.3 Å². The van der Waals surface area contributed by atoms with Crippen LogP contribution in [0.15, 0.2) is 61.2 Å². The zero-order valence-corrected chi connectivity index (χ0v) is 30.8. The summed E-state index contributed by atoms with van der Waals surface area (Å²) in [5.74, 6) is -2.28. The van der Waals surface area contributed by atoms with Gasteiger partial charge in [0.15, 0.2) is 11.6 Å². The van der Waals surface area contributed by atoms with Crippen molar-refractivity contribution in [3.63, 3.8) is 0 Å². The van der Waals surface area contributed by atoms with E-state index in [1.807, 2.05) is 0 Å². The molecule has 306 valence electrons. The Hall–Kier alpha value is -6.54. The molecule has 2 aliphatic rings. The minimum Gasteiger partial charge on any atom is -0.497 e. The van der Waals surface area contributed by atoms with Crippen molar-refractivity contribution >= 4 is 45.6 Å². The number of methoxy groups -OCH3 is 2. The first-order valence-electron chi connectivity index (χ1n) is 17.7. The average molecular weight is 814 g/mol. The number of halogens is 6. The van der Waals surface area contributed by atoms with Gasteiger partial charge in [-0.15, -0.1) is 0 Å². The van der Waals surface area contributed by atoms with Crippen LogP contribution in [0, 0.1) is 11.8 Å². The number of rotatable bonds is 7. The van der Waals surface area contributed by atoms with Crippen molar-refractivity contribution < 1.29 is 50.5 Å². The fraction of sp³-hybridized carbons (Fsp3) is 0.351. The molecule has 4 aromatic heterocycles. The second kappa shape index (κ2) is 16.9. The van der Waals surface area contributed by atoms with Gasteiger partial charge in [0.05, 0.1) is 54.6 Å². The number of imidazole rings is 2. The lowest BCUT2D eigenvalue weighted by Gasteiger charge is -2.19. The molecule has 3 N–H and O–H groups in total. The van der Waals surface area contributed by atoms with Crippen molar-refractivity contribution in [2.75, 3.05) is 19.5 Å². The van der Waals surface area contributed by atoms with Crippen molar-refractivity contribution in [1.82, 2.24) is 39.0 Å². The van der Waals surface area contributed by atoms with Gasteiger partial charge in [-0.25, -0.2) is 24.9 Å².